The quantitative estimate of drug-likeness (QED) is 0.497. The first-order valence-electron chi connectivity index (χ1n) is 9.33. The first kappa shape index (κ1) is 20.3. The molecule has 6 heteroatoms. The van der Waals surface area contributed by atoms with E-state index < -0.39 is 12.1 Å². The summed E-state index contributed by atoms with van der Waals surface area (Å²) in [4.78, 5) is 36.0. The average molecular weight is 393 g/mol. The number of hydrogen-bond donors (Lipinski definition) is 1. The number of nitrogens with one attached hydrogen (secondary N) is 1. The first-order chi connectivity index (χ1) is 13.7. The summed E-state index contributed by atoms with van der Waals surface area (Å²) in [7, 11) is 0. The molecule has 1 heterocycles. The Morgan fingerprint density at radius 1 is 1.07 bits per heavy atom. The predicted molar refractivity (Wildman–Crippen MR) is 110 cm³/mol. The molecule has 0 aliphatic heterocycles. The zero-order valence-corrected chi connectivity index (χ0v) is 16.9. The number of benzene rings is 2. The maximum atomic E-state index is 12.5. The standard InChI is InChI=1S/C23H23NO5/c1-13-9-20-18(12-28-21(20)10-14(13)2)11-22(26)29-15(3)23(27)17-5-7-19(8-6-17)24-16(4)25/h5-10,12,15H,11H2,1-4H3,(H,24,25)/t15-/m1/s1. The summed E-state index contributed by atoms with van der Waals surface area (Å²) in [6, 6.07) is 10.4. The number of carbonyl (C=O) groups is 3. The van der Waals surface area contributed by atoms with Crippen molar-refractivity contribution < 1.29 is 23.5 Å². The zero-order chi connectivity index (χ0) is 21.1. The monoisotopic (exact) mass is 393 g/mol. The van der Waals surface area contributed by atoms with Gasteiger partial charge in [0.25, 0.3) is 0 Å². The number of esters is 1. The number of carbonyl (C=O) groups excluding carboxylic acids is 3. The van der Waals surface area contributed by atoms with Crippen LogP contribution in [0, 0.1) is 13.8 Å². The molecule has 3 aromatic rings. The molecule has 0 spiro atoms. The summed E-state index contributed by atoms with van der Waals surface area (Å²) in [5.41, 5.74) is 4.67. The van der Waals surface area contributed by atoms with Crippen molar-refractivity contribution in [2.45, 2.75) is 40.2 Å². The minimum absolute atomic E-state index is 0.0224. The third-order valence-electron chi connectivity index (χ3n) is 4.77. The fourth-order valence-electron chi connectivity index (χ4n) is 3.08. The molecular formula is C23H23NO5. The van der Waals surface area contributed by atoms with Crippen LogP contribution >= 0.6 is 0 Å². The molecule has 0 saturated heterocycles. The first-order valence-corrected chi connectivity index (χ1v) is 9.33. The maximum absolute atomic E-state index is 12.5. The molecule has 1 aromatic heterocycles. The van der Waals surface area contributed by atoms with Crippen molar-refractivity contribution >= 4 is 34.3 Å². The fourth-order valence-corrected chi connectivity index (χ4v) is 3.08. The third kappa shape index (κ3) is 4.71. The van der Waals surface area contributed by atoms with Gasteiger partial charge in [0, 0.05) is 29.1 Å². The van der Waals surface area contributed by atoms with Gasteiger partial charge in [0.15, 0.2) is 6.10 Å². The number of anilines is 1. The van der Waals surface area contributed by atoms with Gasteiger partial charge in [-0.3, -0.25) is 14.4 Å². The Hall–Kier alpha value is -3.41. The van der Waals surface area contributed by atoms with Crippen molar-refractivity contribution in [1.29, 1.82) is 0 Å². The minimum Gasteiger partial charge on any atom is -0.464 e. The molecule has 1 amide bonds. The van der Waals surface area contributed by atoms with E-state index in [1.54, 1.807) is 37.5 Å². The van der Waals surface area contributed by atoms with Crippen LogP contribution in [0.3, 0.4) is 0 Å². The van der Waals surface area contributed by atoms with Gasteiger partial charge in [0.1, 0.15) is 5.58 Å². The van der Waals surface area contributed by atoms with Crippen LogP contribution < -0.4 is 5.32 Å². The summed E-state index contributed by atoms with van der Waals surface area (Å²) in [5.74, 6) is -0.999. The van der Waals surface area contributed by atoms with Gasteiger partial charge < -0.3 is 14.5 Å². The molecule has 0 unspecified atom stereocenters. The Kier molecular flexibility index (Phi) is 5.82. The van der Waals surface area contributed by atoms with E-state index in [1.165, 1.54) is 6.92 Å². The number of fused-ring (bicyclic) bond motifs is 1. The molecule has 3 rings (SSSR count). The lowest BCUT2D eigenvalue weighted by Gasteiger charge is -2.12. The van der Waals surface area contributed by atoms with Gasteiger partial charge in [0.2, 0.25) is 11.7 Å². The highest BCUT2D eigenvalue weighted by molar-refractivity contribution is 6.01. The topological polar surface area (TPSA) is 85.6 Å². The average Bonchev–Trinajstić information content (AvgIpc) is 3.03. The van der Waals surface area contributed by atoms with Crippen molar-refractivity contribution in [2.24, 2.45) is 0 Å². The van der Waals surface area contributed by atoms with Gasteiger partial charge in [-0.2, -0.15) is 0 Å². The molecule has 0 saturated carbocycles. The highest BCUT2D eigenvalue weighted by atomic mass is 16.5. The van der Waals surface area contributed by atoms with Gasteiger partial charge in [-0.25, -0.2) is 0 Å². The van der Waals surface area contributed by atoms with Crippen LogP contribution in [0.1, 0.15) is 40.9 Å². The van der Waals surface area contributed by atoms with Crippen LogP contribution in [0.4, 0.5) is 5.69 Å². The van der Waals surface area contributed by atoms with Crippen molar-refractivity contribution in [3.63, 3.8) is 0 Å². The molecule has 0 radical (unpaired) electrons. The second-order valence-electron chi connectivity index (χ2n) is 7.13. The number of furan rings is 1. The van der Waals surface area contributed by atoms with Crippen LogP contribution in [0.15, 0.2) is 47.1 Å². The number of ketones is 1. The number of aryl methyl sites for hydroxylation is 2. The van der Waals surface area contributed by atoms with Gasteiger partial charge >= 0.3 is 5.97 Å². The van der Waals surface area contributed by atoms with Crippen molar-refractivity contribution in [1.82, 2.24) is 0 Å². The second-order valence-corrected chi connectivity index (χ2v) is 7.13. The Morgan fingerprint density at radius 3 is 2.38 bits per heavy atom. The highest BCUT2D eigenvalue weighted by Gasteiger charge is 2.21. The Labute approximate surface area is 168 Å². The van der Waals surface area contributed by atoms with Gasteiger partial charge in [-0.1, -0.05) is 0 Å². The number of Topliss-reactive ketones (excluding diaryl/α,β-unsaturated/α-hetero) is 1. The van der Waals surface area contributed by atoms with Crippen LogP contribution in [0.5, 0.6) is 0 Å². The van der Waals surface area contributed by atoms with Gasteiger partial charge in [-0.05, 0) is 68.3 Å². The van der Waals surface area contributed by atoms with E-state index in [1.807, 2.05) is 26.0 Å². The summed E-state index contributed by atoms with van der Waals surface area (Å²) in [5, 5.41) is 3.51. The molecule has 29 heavy (non-hydrogen) atoms. The van der Waals surface area contributed by atoms with Crippen molar-refractivity contribution in [3.8, 4) is 0 Å². The number of ether oxygens (including phenoxy) is 1. The Morgan fingerprint density at radius 2 is 1.72 bits per heavy atom. The molecule has 0 aliphatic carbocycles. The summed E-state index contributed by atoms with van der Waals surface area (Å²) in [6.45, 7) is 6.96. The molecule has 1 atom stereocenters. The van der Waals surface area contributed by atoms with E-state index in [0.29, 0.717) is 11.3 Å². The van der Waals surface area contributed by atoms with Gasteiger partial charge in [-0.15, -0.1) is 0 Å². The predicted octanol–water partition coefficient (Wildman–Crippen LogP) is 4.37. The Bertz CT molecular complexity index is 1080. The van der Waals surface area contributed by atoms with E-state index in [-0.39, 0.29) is 18.1 Å². The SMILES string of the molecule is CC(=O)Nc1ccc(C(=O)[C@@H](C)OC(=O)Cc2coc3cc(C)c(C)cc23)cc1. The van der Waals surface area contributed by atoms with Crippen LogP contribution in [-0.2, 0) is 20.7 Å². The minimum atomic E-state index is -0.920. The third-order valence-corrected chi connectivity index (χ3v) is 4.77. The van der Waals surface area contributed by atoms with Crippen LogP contribution in [-0.4, -0.2) is 23.8 Å². The summed E-state index contributed by atoms with van der Waals surface area (Å²) >= 11 is 0. The molecule has 1 N–H and O–H groups in total. The second kappa shape index (κ2) is 8.31. The van der Waals surface area contributed by atoms with E-state index in [9.17, 15) is 14.4 Å². The number of rotatable bonds is 6. The molecule has 6 nitrogen and oxygen atoms in total. The lowest BCUT2D eigenvalue weighted by atomic mass is 10.0. The number of amides is 1. The molecular weight excluding hydrogens is 370 g/mol. The van der Waals surface area contributed by atoms with Crippen LogP contribution in [0.25, 0.3) is 11.0 Å². The lowest BCUT2D eigenvalue weighted by molar-refractivity contribution is -0.145. The normalized spacial score (nSPS) is 11.9. The van der Waals surface area contributed by atoms with E-state index >= 15 is 0 Å². The van der Waals surface area contributed by atoms with Crippen molar-refractivity contribution in [2.75, 3.05) is 5.32 Å². The van der Waals surface area contributed by atoms with E-state index in [0.717, 1.165) is 27.7 Å². The Balaban J connectivity index is 1.65. The summed E-state index contributed by atoms with van der Waals surface area (Å²) in [6.07, 6.45) is 0.656. The molecule has 0 bridgehead atoms. The number of hydrogen-bond acceptors (Lipinski definition) is 5. The smallest absolute Gasteiger partial charge is 0.311 e. The molecule has 0 fully saturated rings. The maximum Gasteiger partial charge on any atom is 0.311 e. The fraction of sp³-hybridized carbons (Fsp3) is 0.261. The van der Waals surface area contributed by atoms with Crippen LogP contribution in [0.2, 0.25) is 0 Å². The molecule has 2 aromatic carbocycles. The van der Waals surface area contributed by atoms with Gasteiger partial charge in [0.05, 0.1) is 12.7 Å². The molecule has 0 aliphatic rings. The highest BCUT2D eigenvalue weighted by Crippen LogP contribution is 2.25. The molecule has 150 valence electrons. The summed E-state index contributed by atoms with van der Waals surface area (Å²) < 4.78 is 10.9. The zero-order valence-electron chi connectivity index (χ0n) is 16.9. The lowest BCUT2D eigenvalue weighted by Crippen LogP contribution is -2.25. The van der Waals surface area contributed by atoms with Crippen molar-refractivity contribution in [3.05, 3.63) is 64.9 Å². The van der Waals surface area contributed by atoms with E-state index in [2.05, 4.69) is 5.32 Å². The van der Waals surface area contributed by atoms with E-state index in [4.69, 9.17) is 9.15 Å². The largest absolute Gasteiger partial charge is 0.464 e.